The molecule has 1 fully saturated rings. The van der Waals surface area contributed by atoms with Gasteiger partial charge >= 0.3 is 0 Å². The molecule has 0 spiro atoms. The van der Waals surface area contributed by atoms with E-state index in [1.54, 1.807) is 6.07 Å². The Morgan fingerprint density at radius 2 is 1.88 bits per heavy atom. The van der Waals surface area contributed by atoms with Crippen molar-refractivity contribution < 1.29 is 8.78 Å². The van der Waals surface area contributed by atoms with Gasteiger partial charge in [-0.2, -0.15) is 0 Å². The van der Waals surface area contributed by atoms with Crippen molar-refractivity contribution in [3.8, 4) is 0 Å². The predicted molar refractivity (Wildman–Crippen MR) is 66.2 cm³/mol. The molecule has 1 aromatic rings. The van der Waals surface area contributed by atoms with Crippen LogP contribution in [0.5, 0.6) is 0 Å². The third-order valence-electron chi connectivity index (χ3n) is 3.75. The first-order valence-corrected chi connectivity index (χ1v) is 6.74. The summed E-state index contributed by atoms with van der Waals surface area (Å²) in [6, 6.07) is 4.15. The number of alkyl halides is 1. The number of benzene rings is 1. The van der Waals surface area contributed by atoms with Crippen LogP contribution < -0.4 is 0 Å². The Hall–Kier alpha value is -0.630. The van der Waals surface area contributed by atoms with Crippen LogP contribution >= 0.6 is 11.6 Å². The van der Waals surface area contributed by atoms with E-state index < -0.39 is 11.6 Å². The zero-order valence-corrected chi connectivity index (χ0v) is 10.5. The first-order valence-electron chi connectivity index (χ1n) is 6.20. The second kappa shape index (κ2) is 5.81. The summed E-state index contributed by atoms with van der Waals surface area (Å²) in [5.74, 6) is 0.104. The van der Waals surface area contributed by atoms with Crippen molar-refractivity contribution in [3.63, 3.8) is 0 Å². The van der Waals surface area contributed by atoms with E-state index in [0.717, 1.165) is 12.0 Å². The van der Waals surface area contributed by atoms with Crippen LogP contribution in [0.3, 0.4) is 0 Å². The highest BCUT2D eigenvalue weighted by Gasteiger charge is 2.24. The minimum Gasteiger partial charge on any atom is -0.204 e. The summed E-state index contributed by atoms with van der Waals surface area (Å²) >= 11 is 6.00. The molecule has 1 unspecified atom stereocenters. The largest absolute Gasteiger partial charge is 0.204 e. The van der Waals surface area contributed by atoms with Gasteiger partial charge < -0.3 is 0 Å². The number of hydrogen-bond donors (Lipinski definition) is 0. The summed E-state index contributed by atoms with van der Waals surface area (Å²) in [6.45, 7) is 0. The standard InChI is InChI=1S/C14H17ClF2/c15-9-12(11-3-1-2-4-11)7-10-5-6-13(16)14(17)8-10/h5-6,8,11-12H,1-4,7,9H2. The van der Waals surface area contributed by atoms with Gasteiger partial charge in [-0.15, -0.1) is 11.6 Å². The SMILES string of the molecule is Fc1ccc(CC(CCl)C2CCCC2)cc1F. The van der Waals surface area contributed by atoms with Crippen molar-refractivity contribution in [2.45, 2.75) is 32.1 Å². The van der Waals surface area contributed by atoms with Crippen molar-refractivity contribution in [3.05, 3.63) is 35.4 Å². The average molecular weight is 259 g/mol. The lowest BCUT2D eigenvalue weighted by Gasteiger charge is -2.21. The molecule has 0 radical (unpaired) electrons. The van der Waals surface area contributed by atoms with E-state index in [9.17, 15) is 8.78 Å². The molecule has 0 bridgehead atoms. The van der Waals surface area contributed by atoms with Crippen molar-refractivity contribution in [2.75, 3.05) is 5.88 Å². The van der Waals surface area contributed by atoms with Gasteiger partial charge in [-0.3, -0.25) is 0 Å². The number of hydrogen-bond acceptors (Lipinski definition) is 0. The molecule has 0 heterocycles. The highest BCUT2D eigenvalue weighted by molar-refractivity contribution is 6.18. The normalized spacial score (nSPS) is 18.5. The summed E-state index contributed by atoms with van der Waals surface area (Å²) in [4.78, 5) is 0. The van der Waals surface area contributed by atoms with Gasteiger partial charge in [0, 0.05) is 5.88 Å². The third-order valence-corrected chi connectivity index (χ3v) is 4.14. The lowest BCUT2D eigenvalue weighted by atomic mass is 9.87. The molecule has 0 saturated heterocycles. The van der Waals surface area contributed by atoms with E-state index in [1.807, 2.05) is 0 Å². The van der Waals surface area contributed by atoms with E-state index in [2.05, 4.69) is 0 Å². The first-order chi connectivity index (χ1) is 8.20. The molecule has 3 heteroatoms. The Bertz CT molecular complexity index is 372. The molecule has 0 aliphatic heterocycles. The van der Waals surface area contributed by atoms with Gasteiger partial charge in [-0.1, -0.05) is 31.7 Å². The average Bonchev–Trinajstić information content (AvgIpc) is 2.84. The van der Waals surface area contributed by atoms with Crippen LogP contribution in [0.15, 0.2) is 18.2 Å². The highest BCUT2D eigenvalue weighted by atomic mass is 35.5. The molecule has 0 nitrogen and oxygen atoms in total. The number of rotatable bonds is 4. The van der Waals surface area contributed by atoms with Crippen LogP contribution in [0.1, 0.15) is 31.2 Å². The van der Waals surface area contributed by atoms with Gasteiger partial charge in [-0.25, -0.2) is 8.78 Å². The molecule has 17 heavy (non-hydrogen) atoms. The quantitative estimate of drug-likeness (QED) is 0.695. The molecule has 1 aliphatic carbocycles. The third kappa shape index (κ3) is 3.19. The molecule has 0 N–H and O–H groups in total. The van der Waals surface area contributed by atoms with Gasteiger partial charge in [0.2, 0.25) is 0 Å². The van der Waals surface area contributed by atoms with Crippen LogP contribution in [-0.2, 0) is 6.42 Å². The minimum atomic E-state index is -0.781. The fourth-order valence-electron chi connectivity index (χ4n) is 2.75. The minimum absolute atomic E-state index is 0.393. The van der Waals surface area contributed by atoms with Crippen LogP contribution in [0.2, 0.25) is 0 Å². The van der Waals surface area contributed by atoms with E-state index in [4.69, 9.17) is 11.6 Å². The zero-order chi connectivity index (χ0) is 12.3. The van der Waals surface area contributed by atoms with E-state index >= 15 is 0 Å². The van der Waals surface area contributed by atoms with Gasteiger partial charge in [-0.05, 0) is 36.0 Å². The van der Waals surface area contributed by atoms with Gasteiger partial charge in [0.15, 0.2) is 11.6 Å². The fourth-order valence-corrected chi connectivity index (χ4v) is 3.11. The number of halogens is 3. The maximum Gasteiger partial charge on any atom is 0.159 e. The maximum absolute atomic E-state index is 13.1. The van der Waals surface area contributed by atoms with Crippen molar-refractivity contribution >= 4 is 11.6 Å². The molecular weight excluding hydrogens is 242 g/mol. The predicted octanol–water partition coefficient (Wildman–Crippen LogP) is 4.55. The molecule has 94 valence electrons. The molecule has 0 amide bonds. The Morgan fingerprint density at radius 3 is 2.47 bits per heavy atom. The Morgan fingerprint density at radius 1 is 1.18 bits per heavy atom. The van der Waals surface area contributed by atoms with Gasteiger partial charge in [0.1, 0.15) is 0 Å². The van der Waals surface area contributed by atoms with Crippen LogP contribution in [0, 0.1) is 23.5 Å². The Balaban J connectivity index is 2.04. The molecule has 1 aliphatic rings. The topological polar surface area (TPSA) is 0 Å². The molecule has 0 aromatic heterocycles. The zero-order valence-electron chi connectivity index (χ0n) is 9.76. The van der Waals surface area contributed by atoms with Crippen LogP contribution in [-0.4, -0.2) is 5.88 Å². The summed E-state index contributed by atoms with van der Waals surface area (Å²) in [6.07, 6.45) is 5.75. The Kier molecular flexibility index (Phi) is 4.38. The van der Waals surface area contributed by atoms with E-state index in [0.29, 0.717) is 17.7 Å². The molecule has 1 saturated carbocycles. The van der Waals surface area contributed by atoms with E-state index in [-0.39, 0.29) is 0 Å². The molecule has 2 rings (SSSR count). The van der Waals surface area contributed by atoms with Gasteiger partial charge in [0.05, 0.1) is 0 Å². The summed E-state index contributed by atoms with van der Waals surface area (Å²) < 4.78 is 25.9. The van der Waals surface area contributed by atoms with Crippen molar-refractivity contribution in [1.82, 2.24) is 0 Å². The second-order valence-electron chi connectivity index (χ2n) is 4.91. The lowest BCUT2D eigenvalue weighted by molar-refractivity contribution is 0.368. The van der Waals surface area contributed by atoms with Crippen molar-refractivity contribution in [2.24, 2.45) is 11.8 Å². The molecule has 1 aromatic carbocycles. The first kappa shape index (κ1) is 12.8. The lowest BCUT2D eigenvalue weighted by Crippen LogP contribution is -2.16. The summed E-state index contributed by atoms with van der Waals surface area (Å²) in [7, 11) is 0. The summed E-state index contributed by atoms with van der Waals surface area (Å²) in [5, 5.41) is 0. The molecule has 1 atom stereocenters. The monoisotopic (exact) mass is 258 g/mol. The maximum atomic E-state index is 13.1. The van der Waals surface area contributed by atoms with E-state index in [1.165, 1.54) is 37.8 Å². The smallest absolute Gasteiger partial charge is 0.159 e. The second-order valence-corrected chi connectivity index (χ2v) is 5.22. The van der Waals surface area contributed by atoms with Crippen molar-refractivity contribution in [1.29, 1.82) is 0 Å². The van der Waals surface area contributed by atoms with Gasteiger partial charge in [0.25, 0.3) is 0 Å². The Labute approximate surface area is 106 Å². The molecular formula is C14H17ClF2. The fraction of sp³-hybridized carbons (Fsp3) is 0.571. The van der Waals surface area contributed by atoms with Crippen LogP contribution in [0.25, 0.3) is 0 Å². The summed E-state index contributed by atoms with van der Waals surface area (Å²) in [5.41, 5.74) is 0.849. The highest BCUT2D eigenvalue weighted by Crippen LogP contribution is 2.34. The van der Waals surface area contributed by atoms with Crippen LogP contribution in [0.4, 0.5) is 8.78 Å².